The third kappa shape index (κ3) is 3.07. The highest BCUT2D eigenvalue weighted by atomic mass is 16.1. The monoisotopic (exact) mass is 271 g/mol. The summed E-state index contributed by atoms with van der Waals surface area (Å²) >= 11 is 0. The molecular formula is C16H21N3O. The van der Waals surface area contributed by atoms with Crippen molar-refractivity contribution in [3.8, 4) is 0 Å². The first kappa shape index (κ1) is 14.3. The Labute approximate surface area is 119 Å². The van der Waals surface area contributed by atoms with Gasteiger partial charge in [-0.1, -0.05) is 39.0 Å². The molecular weight excluding hydrogens is 250 g/mol. The zero-order valence-electron chi connectivity index (χ0n) is 12.2. The number of fused-ring (bicyclic) bond motifs is 1. The molecule has 2 aromatic rings. The van der Waals surface area contributed by atoms with E-state index in [1.807, 2.05) is 24.3 Å². The molecule has 0 radical (unpaired) electrons. The Morgan fingerprint density at radius 3 is 2.70 bits per heavy atom. The molecule has 0 aliphatic rings. The molecule has 0 bridgehead atoms. The number of nitrogens with one attached hydrogen (secondary N) is 1. The largest absolute Gasteiger partial charge is 0.398 e. The summed E-state index contributed by atoms with van der Waals surface area (Å²) in [6, 6.07) is 9.19. The number of hydrogen-bond acceptors (Lipinski definition) is 3. The van der Waals surface area contributed by atoms with Crippen molar-refractivity contribution in [3.05, 3.63) is 36.0 Å². The van der Waals surface area contributed by atoms with Crippen LogP contribution in [-0.4, -0.2) is 17.4 Å². The predicted octanol–water partition coefficient (Wildman–Crippen LogP) is 2.84. The van der Waals surface area contributed by atoms with Crippen LogP contribution in [0.15, 0.2) is 30.3 Å². The maximum atomic E-state index is 12.1. The summed E-state index contributed by atoms with van der Waals surface area (Å²) in [6.07, 6.45) is 0. The fraction of sp³-hybridized carbons (Fsp3) is 0.375. The lowest BCUT2D eigenvalue weighted by molar-refractivity contribution is 0.0940. The molecule has 1 amide bonds. The smallest absolute Gasteiger partial charge is 0.269 e. The highest BCUT2D eigenvalue weighted by molar-refractivity contribution is 5.99. The number of carbonyl (C=O) groups is 1. The second-order valence-electron chi connectivity index (χ2n) is 5.55. The first-order chi connectivity index (χ1) is 9.49. The number of benzene rings is 1. The maximum Gasteiger partial charge on any atom is 0.269 e. The number of nitrogens with zero attached hydrogens (tertiary/aromatic N) is 1. The Hall–Kier alpha value is -2.10. The van der Waals surface area contributed by atoms with E-state index in [4.69, 9.17) is 5.73 Å². The van der Waals surface area contributed by atoms with Gasteiger partial charge in [-0.15, -0.1) is 0 Å². The Morgan fingerprint density at radius 1 is 1.30 bits per heavy atom. The van der Waals surface area contributed by atoms with E-state index < -0.39 is 0 Å². The summed E-state index contributed by atoms with van der Waals surface area (Å²) in [5.41, 5.74) is 7.68. The summed E-state index contributed by atoms with van der Waals surface area (Å²) in [6.45, 7) is 7.05. The summed E-state index contributed by atoms with van der Waals surface area (Å²) in [7, 11) is 0. The average Bonchev–Trinajstić information content (AvgIpc) is 2.44. The molecule has 1 aromatic carbocycles. The van der Waals surface area contributed by atoms with Gasteiger partial charge in [0.1, 0.15) is 5.69 Å². The Morgan fingerprint density at radius 2 is 2.00 bits per heavy atom. The number of aromatic nitrogens is 1. The first-order valence-electron chi connectivity index (χ1n) is 6.92. The van der Waals surface area contributed by atoms with Gasteiger partial charge in [-0.05, 0) is 24.0 Å². The normalized spacial score (nSPS) is 12.6. The lowest BCUT2D eigenvalue weighted by atomic mass is 9.98. The number of amides is 1. The molecule has 3 N–H and O–H groups in total. The van der Waals surface area contributed by atoms with E-state index in [1.54, 1.807) is 6.07 Å². The Balaban J connectivity index is 2.18. The van der Waals surface area contributed by atoms with Crippen LogP contribution in [-0.2, 0) is 0 Å². The SMILES string of the molecule is CC(C)C(C)CNC(=O)c1cc(N)c2ccccc2n1. The first-order valence-corrected chi connectivity index (χ1v) is 6.92. The lowest BCUT2D eigenvalue weighted by Crippen LogP contribution is -2.30. The molecule has 4 nitrogen and oxygen atoms in total. The number of nitrogens with two attached hydrogens (primary N) is 1. The zero-order valence-corrected chi connectivity index (χ0v) is 12.2. The van der Waals surface area contributed by atoms with Crippen LogP contribution in [0.4, 0.5) is 5.69 Å². The van der Waals surface area contributed by atoms with E-state index in [9.17, 15) is 4.79 Å². The lowest BCUT2D eigenvalue weighted by Gasteiger charge is -2.16. The number of nitrogen functional groups attached to an aromatic ring is 1. The molecule has 0 aliphatic heterocycles. The van der Waals surface area contributed by atoms with E-state index in [-0.39, 0.29) is 5.91 Å². The Kier molecular flexibility index (Phi) is 4.23. The van der Waals surface area contributed by atoms with Crippen molar-refractivity contribution in [3.63, 3.8) is 0 Å². The molecule has 1 unspecified atom stereocenters. The molecule has 2 rings (SSSR count). The standard InChI is InChI=1S/C16H21N3O/c1-10(2)11(3)9-18-16(20)15-8-13(17)12-6-4-5-7-14(12)19-15/h4-8,10-11H,9H2,1-3H3,(H2,17,19)(H,18,20). The van der Waals surface area contributed by atoms with Crippen LogP contribution in [0.5, 0.6) is 0 Å². The van der Waals surface area contributed by atoms with Gasteiger partial charge >= 0.3 is 0 Å². The number of hydrogen-bond donors (Lipinski definition) is 2. The van der Waals surface area contributed by atoms with Crippen LogP contribution in [0.3, 0.4) is 0 Å². The number of pyridine rings is 1. The predicted molar refractivity (Wildman–Crippen MR) is 82.5 cm³/mol. The zero-order chi connectivity index (χ0) is 14.7. The van der Waals surface area contributed by atoms with Gasteiger partial charge in [0.15, 0.2) is 0 Å². The molecule has 0 aliphatic carbocycles. The highest BCUT2D eigenvalue weighted by Crippen LogP contribution is 2.20. The molecule has 0 saturated carbocycles. The number of rotatable bonds is 4. The highest BCUT2D eigenvalue weighted by Gasteiger charge is 2.13. The van der Waals surface area contributed by atoms with Crippen LogP contribution in [0.2, 0.25) is 0 Å². The van der Waals surface area contributed by atoms with E-state index in [1.165, 1.54) is 0 Å². The molecule has 0 spiro atoms. The molecule has 4 heteroatoms. The quantitative estimate of drug-likeness (QED) is 0.898. The second kappa shape index (κ2) is 5.90. The van der Waals surface area contributed by atoms with Gasteiger partial charge in [0, 0.05) is 17.6 Å². The van der Waals surface area contributed by atoms with Crippen LogP contribution < -0.4 is 11.1 Å². The second-order valence-corrected chi connectivity index (χ2v) is 5.55. The van der Waals surface area contributed by atoms with Crippen molar-refractivity contribution in [2.45, 2.75) is 20.8 Å². The fourth-order valence-corrected chi connectivity index (χ4v) is 1.90. The minimum absolute atomic E-state index is 0.171. The summed E-state index contributed by atoms with van der Waals surface area (Å²) < 4.78 is 0. The Bertz CT molecular complexity index is 622. The maximum absolute atomic E-state index is 12.1. The van der Waals surface area contributed by atoms with E-state index >= 15 is 0 Å². The molecule has 0 saturated heterocycles. The van der Waals surface area contributed by atoms with E-state index in [0.29, 0.717) is 29.8 Å². The number of anilines is 1. The van der Waals surface area contributed by atoms with Crippen LogP contribution in [0.1, 0.15) is 31.3 Å². The van der Waals surface area contributed by atoms with Gasteiger partial charge in [0.25, 0.3) is 5.91 Å². The van der Waals surface area contributed by atoms with Crippen LogP contribution in [0.25, 0.3) is 10.9 Å². The van der Waals surface area contributed by atoms with Gasteiger partial charge in [-0.3, -0.25) is 4.79 Å². The van der Waals surface area contributed by atoms with Crippen molar-refractivity contribution in [2.24, 2.45) is 11.8 Å². The topological polar surface area (TPSA) is 68.0 Å². The minimum Gasteiger partial charge on any atom is -0.398 e. The minimum atomic E-state index is -0.171. The number of para-hydroxylation sites is 1. The summed E-state index contributed by atoms with van der Waals surface area (Å²) in [5.74, 6) is 0.789. The van der Waals surface area contributed by atoms with Gasteiger partial charge < -0.3 is 11.1 Å². The molecule has 106 valence electrons. The van der Waals surface area contributed by atoms with Gasteiger partial charge in [-0.25, -0.2) is 4.98 Å². The van der Waals surface area contributed by atoms with Crippen molar-refractivity contribution in [1.29, 1.82) is 0 Å². The average molecular weight is 271 g/mol. The number of carbonyl (C=O) groups excluding carboxylic acids is 1. The molecule has 0 fully saturated rings. The fourth-order valence-electron chi connectivity index (χ4n) is 1.90. The third-order valence-corrected chi connectivity index (χ3v) is 3.70. The van der Waals surface area contributed by atoms with Crippen LogP contribution >= 0.6 is 0 Å². The van der Waals surface area contributed by atoms with Crippen molar-refractivity contribution in [2.75, 3.05) is 12.3 Å². The molecule has 1 aromatic heterocycles. The van der Waals surface area contributed by atoms with Gasteiger partial charge in [0.05, 0.1) is 5.52 Å². The van der Waals surface area contributed by atoms with Gasteiger partial charge in [0.2, 0.25) is 0 Å². The summed E-state index contributed by atoms with van der Waals surface area (Å²) in [4.78, 5) is 16.5. The van der Waals surface area contributed by atoms with Crippen molar-refractivity contribution >= 4 is 22.5 Å². The van der Waals surface area contributed by atoms with Crippen molar-refractivity contribution < 1.29 is 4.79 Å². The third-order valence-electron chi connectivity index (χ3n) is 3.70. The van der Waals surface area contributed by atoms with E-state index in [0.717, 1.165) is 10.9 Å². The molecule has 1 atom stereocenters. The molecule has 1 heterocycles. The molecule has 20 heavy (non-hydrogen) atoms. The van der Waals surface area contributed by atoms with Crippen molar-refractivity contribution in [1.82, 2.24) is 10.3 Å². The van der Waals surface area contributed by atoms with Gasteiger partial charge in [-0.2, -0.15) is 0 Å². The summed E-state index contributed by atoms with van der Waals surface area (Å²) in [5, 5.41) is 3.79. The van der Waals surface area contributed by atoms with E-state index in [2.05, 4.69) is 31.1 Å². The van der Waals surface area contributed by atoms with Crippen LogP contribution in [0, 0.1) is 11.8 Å².